The van der Waals surface area contributed by atoms with Gasteiger partial charge in [-0.05, 0) is 34.1 Å². The van der Waals surface area contributed by atoms with Crippen LogP contribution in [0.2, 0.25) is 0 Å². The minimum atomic E-state index is -4.83. The van der Waals surface area contributed by atoms with Gasteiger partial charge in [-0.25, -0.2) is 13.6 Å². The van der Waals surface area contributed by atoms with Gasteiger partial charge in [-0.2, -0.15) is 8.78 Å². The van der Waals surface area contributed by atoms with Crippen molar-refractivity contribution in [1.29, 1.82) is 0 Å². The SMILES string of the molecule is O=C(O)c1ccc(NC(=O)C(F)(F)C(F)F)c(Br)c1. The Bertz CT molecular complexity index is 521. The molecule has 0 spiro atoms. The third-order valence-electron chi connectivity index (χ3n) is 2.04. The van der Waals surface area contributed by atoms with Gasteiger partial charge in [0.2, 0.25) is 0 Å². The number of benzene rings is 1. The lowest BCUT2D eigenvalue weighted by Gasteiger charge is -2.15. The van der Waals surface area contributed by atoms with Gasteiger partial charge < -0.3 is 10.4 Å². The smallest absolute Gasteiger partial charge is 0.383 e. The lowest BCUT2D eigenvalue weighted by Crippen LogP contribution is -2.41. The maximum atomic E-state index is 12.7. The molecule has 1 amide bonds. The Kier molecular flexibility index (Phi) is 4.51. The molecule has 0 aliphatic heterocycles. The minimum Gasteiger partial charge on any atom is -0.478 e. The molecule has 1 aromatic rings. The molecule has 0 aliphatic rings. The summed E-state index contributed by atoms with van der Waals surface area (Å²) in [5, 5.41) is 10.2. The monoisotopic (exact) mass is 343 g/mol. The van der Waals surface area contributed by atoms with Gasteiger partial charge in [-0.15, -0.1) is 0 Å². The van der Waals surface area contributed by atoms with Crippen LogP contribution in [0.3, 0.4) is 0 Å². The first-order chi connectivity index (χ1) is 8.66. The average Bonchev–Trinajstić information content (AvgIpc) is 2.30. The number of anilines is 1. The number of carbonyl (C=O) groups excluding carboxylic acids is 1. The molecule has 9 heteroatoms. The summed E-state index contributed by atoms with van der Waals surface area (Å²) < 4.78 is 49.2. The van der Waals surface area contributed by atoms with Crippen molar-refractivity contribution in [1.82, 2.24) is 0 Å². The van der Waals surface area contributed by atoms with E-state index in [1.807, 2.05) is 0 Å². The molecule has 0 fully saturated rings. The lowest BCUT2D eigenvalue weighted by atomic mass is 10.2. The summed E-state index contributed by atoms with van der Waals surface area (Å²) in [5.41, 5.74) is -0.402. The number of carboxylic acid groups (broad SMARTS) is 1. The van der Waals surface area contributed by atoms with Crippen molar-refractivity contribution in [2.24, 2.45) is 0 Å². The number of hydrogen-bond donors (Lipinski definition) is 2. The van der Waals surface area contributed by atoms with Crippen LogP contribution in [0.15, 0.2) is 22.7 Å². The lowest BCUT2D eigenvalue weighted by molar-refractivity contribution is -0.163. The Hall–Kier alpha value is -1.64. The van der Waals surface area contributed by atoms with Crippen molar-refractivity contribution in [2.45, 2.75) is 12.3 Å². The summed E-state index contributed by atoms with van der Waals surface area (Å²) in [6.07, 6.45) is -4.13. The van der Waals surface area contributed by atoms with E-state index >= 15 is 0 Å². The Morgan fingerprint density at radius 2 is 1.89 bits per heavy atom. The standard InChI is InChI=1S/C10H6BrF4NO3/c11-5-3-4(7(17)18)1-2-6(5)16-9(19)10(14,15)8(12)13/h1-3,8H,(H,16,19)(H,17,18). The van der Waals surface area contributed by atoms with E-state index in [2.05, 4.69) is 15.9 Å². The van der Waals surface area contributed by atoms with Crippen molar-refractivity contribution in [3.63, 3.8) is 0 Å². The van der Waals surface area contributed by atoms with Crippen LogP contribution < -0.4 is 5.32 Å². The Morgan fingerprint density at radius 1 is 1.32 bits per heavy atom. The first-order valence-corrected chi connectivity index (χ1v) is 5.45. The number of halogens is 5. The highest BCUT2D eigenvalue weighted by molar-refractivity contribution is 9.10. The number of nitrogens with one attached hydrogen (secondary N) is 1. The zero-order valence-corrected chi connectivity index (χ0v) is 10.5. The van der Waals surface area contributed by atoms with E-state index in [0.29, 0.717) is 0 Å². The first-order valence-electron chi connectivity index (χ1n) is 4.66. The molecule has 0 bridgehead atoms. The predicted molar refractivity (Wildman–Crippen MR) is 60.7 cm³/mol. The molecule has 0 aliphatic carbocycles. The van der Waals surface area contributed by atoms with E-state index in [4.69, 9.17) is 5.11 Å². The summed E-state index contributed by atoms with van der Waals surface area (Å²) in [6, 6.07) is 3.08. The zero-order valence-electron chi connectivity index (χ0n) is 8.96. The molecule has 0 saturated heterocycles. The van der Waals surface area contributed by atoms with Crippen LogP contribution in [0.1, 0.15) is 10.4 Å². The quantitative estimate of drug-likeness (QED) is 0.826. The second-order valence-electron chi connectivity index (χ2n) is 3.38. The summed E-state index contributed by atoms with van der Waals surface area (Å²) in [7, 11) is 0. The van der Waals surface area contributed by atoms with Crippen molar-refractivity contribution in [3.8, 4) is 0 Å². The fraction of sp³-hybridized carbons (Fsp3) is 0.200. The molecular weight excluding hydrogens is 338 g/mol. The van der Waals surface area contributed by atoms with Gasteiger partial charge in [0.05, 0.1) is 11.3 Å². The Balaban J connectivity index is 2.95. The highest BCUT2D eigenvalue weighted by Gasteiger charge is 2.49. The third-order valence-corrected chi connectivity index (χ3v) is 2.70. The number of carbonyl (C=O) groups is 2. The number of hydrogen-bond acceptors (Lipinski definition) is 2. The zero-order chi connectivity index (χ0) is 14.8. The predicted octanol–water partition coefficient (Wildman–Crippen LogP) is 2.99. The maximum absolute atomic E-state index is 12.7. The topological polar surface area (TPSA) is 66.4 Å². The molecule has 0 radical (unpaired) electrons. The van der Waals surface area contributed by atoms with Gasteiger partial charge in [-0.1, -0.05) is 0 Å². The summed E-state index contributed by atoms with van der Waals surface area (Å²) in [6.45, 7) is 0. The summed E-state index contributed by atoms with van der Waals surface area (Å²) in [4.78, 5) is 21.6. The van der Waals surface area contributed by atoms with Crippen LogP contribution in [0.5, 0.6) is 0 Å². The molecular formula is C10H6BrF4NO3. The van der Waals surface area contributed by atoms with Crippen LogP contribution in [0, 0.1) is 0 Å². The second-order valence-corrected chi connectivity index (χ2v) is 4.23. The van der Waals surface area contributed by atoms with E-state index < -0.39 is 24.2 Å². The van der Waals surface area contributed by atoms with Gasteiger partial charge in [0.15, 0.2) is 0 Å². The molecule has 4 nitrogen and oxygen atoms in total. The molecule has 0 aromatic heterocycles. The highest BCUT2D eigenvalue weighted by Crippen LogP contribution is 2.28. The highest BCUT2D eigenvalue weighted by atomic mass is 79.9. The van der Waals surface area contributed by atoms with Crippen LogP contribution >= 0.6 is 15.9 Å². The van der Waals surface area contributed by atoms with Crippen molar-refractivity contribution < 1.29 is 32.3 Å². The van der Waals surface area contributed by atoms with Crippen LogP contribution in [-0.4, -0.2) is 29.3 Å². The van der Waals surface area contributed by atoms with Crippen LogP contribution in [0.25, 0.3) is 0 Å². The largest absolute Gasteiger partial charge is 0.478 e. The first kappa shape index (κ1) is 15.4. The summed E-state index contributed by atoms with van der Waals surface area (Å²) in [5.74, 6) is -8.27. The number of alkyl halides is 4. The summed E-state index contributed by atoms with van der Waals surface area (Å²) >= 11 is 2.84. The number of aromatic carboxylic acids is 1. The minimum absolute atomic E-state index is 0.0224. The molecule has 0 atom stereocenters. The number of carboxylic acids is 1. The molecule has 19 heavy (non-hydrogen) atoms. The van der Waals surface area contributed by atoms with Crippen molar-refractivity contribution in [3.05, 3.63) is 28.2 Å². The fourth-order valence-electron chi connectivity index (χ4n) is 1.05. The van der Waals surface area contributed by atoms with Gasteiger partial charge in [0, 0.05) is 4.47 Å². The van der Waals surface area contributed by atoms with E-state index in [1.165, 1.54) is 0 Å². The van der Waals surface area contributed by atoms with E-state index in [0.717, 1.165) is 18.2 Å². The van der Waals surface area contributed by atoms with Crippen LogP contribution in [0.4, 0.5) is 23.2 Å². The Morgan fingerprint density at radius 3 is 2.32 bits per heavy atom. The molecule has 1 aromatic carbocycles. The van der Waals surface area contributed by atoms with Gasteiger partial charge >= 0.3 is 24.2 Å². The van der Waals surface area contributed by atoms with E-state index in [-0.39, 0.29) is 15.7 Å². The number of rotatable bonds is 4. The number of amides is 1. The van der Waals surface area contributed by atoms with Gasteiger partial charge in [0.1, 0.15) is 0 Å². The van der Waals surface area contributed by atoms with Crippen LogP contribution in [-0.2, 0) is 4.79 Å². The molecule has 0 saturated carbocycles. The molecule has 104 valence electrons. The average molecular weight is 344 g/mol. The Labute approximate surface area is 112 Å². The molecule has 0 heterocycles. The van der Waals surface area contributed by atoms with Crippen molar-refractivity contribution >= 4 is 33.5 Å². The molecule has 1 rings (SSSR count). The fourth-order valence-corrected chi connectivity index (χ4v) is 1.53. The van der Waals surface area contributed by atoms with Gasteiger partial charge in [0.25, 0.3) is 0 Å². The maximum Gasteiger partial charge on any atom is 0.383 e. The van der Waals surface area contributed by atoms with Crippen molar-refractivity contribution in [2.75, 3.05) is 5.32 Å². The third kappa shape index (κ3) is 3.43. The van der Waals surface area contributed by atoms with Gasteiger partial charge in [-0.3, -0.25) is 4.79 Å². The molecule has 0 unspecified atom stereocenters. The molecule has 2 N–H and O–H groups in total. The van der Waals surface area contributed by atoms with E-state index in [9.17, 15) is 27.2 Å². The normalized spacial score (nSPS) is 11.5. The second kappa shape index (κ2) is 5.55. The van der Waals surface area contributed by atoms with E-state index in [1.54, 1.807) is 5.32 Å².